The molecule has 0 saturated heterocycles. The number of fused-ring (bicyclic) bond motifs is 1. The first-order valence-electron chi connectivity index (χ1n) is 7.33. The van der Waals surface area contributed by atoms with Gasteiger partial charge >= 0.3 is 0 Å². The minimum absolute atomic E-state index is 0.219. The van der Waals surface area contributed by atoms with E-state index in [4.69, 9.17) is 11.5 Å². The number of hydrogen-bond acceptors (Lipinski definition) is 4. The molecule has 3 aromatic rings. The minimum Gasteiger partial charge on any atom is -0.329 e. The molecule has 0 radical (unpaired) electrons. The van der Waals surface area contributed by atoms with Gasteiger partial charge in [0.1, 0.15) is 5.82 Å². The molecular weight excluding hydrogens is 291 g/mol. The molecule has 4 nitrogen and oxygen atoms in total. The quantitative estimate of drug-likeness (QED) is 0.703. The van der Waals surface area contributed by atoms with Crippen LogP contribution in [0.1, 0.15) is 11.6 Å². The molecule has 3 rings (SSSR count). The number of benzene rings is 3. The van der Waals surface area contributed by atoms with Crippen molar-refractivity contribution in [3.8, 4) is 0 Å². The van der Waals surface area contributed by atoms with E-state index >= 15 is 0 Å². The zero-order valence-corrected chi connectivity index (χ0v) is 12.5. The molecule has 0 spiro atoms. The Hall–Kier alpha value is -2.63. The fraction of sp³-hybridized carbons (Fsp3) is 0.111. The van der Waals surface area contributed by atoms with E-state index in [0.717, 1.165) is 22.0 Å². The standard InChI is InChI=1S/C18H17FN4/c19-12-5-7-13(8-6-12)22-23-18-10-9-15(17(21)11-20)14-3-1-2-4-16(14)18/h1-10,17H,11,20-21H2. The Labute approximate surface area is 133 Å². The summed E-state index contributed by atoms with van der Waals surface area (Å²) in [6.07, 6.45) is 0. The molecular formula is C18H17FN4. The van der Waals surface area contributed by atoms with E-state index in [9.17, 15) is 4.39 Å². The second-order valence-corrected chi connectivity index (χ2v) is 5.24. The Morgan fingerprint density at radius 3 is 2.26 bits per heavy atom. The highest BCUT2D eigenvalue weighted by Gasteiger charge is 2.10. The van der Waals surface area contributed by atoms with E-state index in [1.165, 1.54) is 12.1 Å². The van der Waals surface area contributed by atoms with Crippen molar-refractivity contribution >= 4 is 22.1 Å². The number of nitrogens with zero attached hydrogens (tertiary/aromatic N) is 2. The third-order valence-electron chi connectivity index (χ3n) is 3.69. The van der Waals surface area contributed by atoms with Crippen LogP contribution < -0.4 is 11.5 Å². The van der Waals surface area contributed by atoms with Crippen LogP contribution in [-0.4, -0.2) is 6.54 Å². The van der Waals surface area contributed by atoms with Crippen molar-refractivity contribution in [1.82, 2.24) is 0 Å². The monoisotopic (exact) mass is 308 g/mol. The van der Waals surface area contributed by atoms with Crippen molar-refractivity contribution in [3.63, 3.8) is 0 Å². The van der Waals surface area contributed by atoms with Crippen LogP contribution in [0.4, 0.5) is 15.8 Å². The average Bonchev–Trinajstić information content (AvgIpc) is 2.60. The SMILES string of the molecule is NCC(N)c1ccc(N=Nc2ccc(F)cc2)c2ccccc12. The third kappa shape index (κ3) is 3.26. The maximum absolute atomic E-state index is 12.9. The molecule has 0 fully saturated rings. The van der Waals surface area contributed by atoms with Crippen molar-refractivity contribution in [2.45, 2.75) is 6.04 Å². The number of rotatable bonds is 4. The van der Waals surface area contributed by atoms with Crippen molar-refractivity contribution in [3.05, 3.63) is 72.0 Å². The van der Waals surface area contributed by atoms with Gasteiger partial charge in [0.2, 0.25) is 0 Å². The summed E-state index contributed by atoms with van der Waals surface area (Å²) in [4.78, 5) is 0. The molecule has 1 unspecified atom stereocenters. The van der Waals surface area contributed by atoms with E-state index in [2.05, 4.69) is 10.2 Å². The molecule has 5 heteroatoms. The zero-order valence-electron chi connectivity index (χ0n) is 12.5. The summed E-state index contributed by atoms with van der Waals surface area (Å²) in [6, 6.07) is 17.3. The van der Waals surface area contributed by atoms with Gasteiger partial charge < -0.3 is 11.5 Å². The van der Waals surface area contributed by atoms with E-state index in [-0.39, 0.29) is 11.9 Å². The Balaban J connectivity index is 2.03. The molecule has 0 aliphatic carbocycles. The topological polar surface area (TPSA) is 76.8 Å². The van der Waals surface area contributed by atoms with Crippen LogP contribution in [0, 0.1) is 5.82 Å². The van der Waals surface area contributed by atoms with E-state index in [0.29, 0.717) is 12.2 Å². The van der Waals surface area contributed by atoms with Gasteiger partial charge in [0.05, 0.1) is 11.4 Å². The molecule has 1 atom stereocenters. The molecule has 0 aromatic heterocycles. The lowest BCUT2D eigenvalue weighted by Crippen LogP contribution is -2.20. The van der Waals surface area contributed by atoms with Gasteiger partial charge in [-0.3, -0.25) is 0 Å². The van der Waals surface area contributed by atoms with Crippen molar-refractivity contribution in [1.29, 1.82) is 0 Å². The first-order valence-corrected chi connectivity index (χ1v) is 7.33. The van der Waals surface area contributed by atoms with Crippen molar-refractivity contribution in [2.24, 2.45) is 21.7 Å². The van der Waals surface area contributed by atoms with Gasteiger partial charge in [-0.2, -0.15) is 5.11 Å². The van der Waals surface area contributed by atoms with Gasteiger partial charge in [-0.1, -0.05) is 30.3 Å². The molecule has 0 amide bonds. The summed E-state index contributed by atoms with van der Waals surface area (Å²) < 4.78 is 12.9. The van der Waals surface area contributed by atoms with E-state index in [1.807, 2.05) is 36.4 Å². The molecule has 0 saturated carbocycles. The molecule has 116 valence electrons. The fourth-order valence-corrected chi connectivity index (χ4v) is 2.46. The molecule has 0 heterocycles. The normalized spacial score (nSPS) is 12.8. The first kappa shape index (κ1) is 15.3. The Morgan fingerprint density at radius 1 is 0.870 bits per heavy atom. The summed E-state index contributed by atoms with van der Waals surface area (Å²) in [6.45, 7) is 0.375. The van der Waals surface area contributed by atoms with Crippen LogP contribution in [0.2, 0.25) is 0 Å². The summed E-state index contributed by atoms with van der Waals surface area (Å²) >= 11 is 0. The molecule has 4 N–H and O–H groups in total. The Bertz CT molecular complexity index is 843. The Kier molecular flexibility index (Phi) is 4.41. The van der Waals surface area contributed by atoms with Gasteiger partial charge in [0.25, 0.3) is 0 Å². The van der Waals surface area contributed by atoms with E-state index in [1.54, 1.807) is 12.1 Å². The third-order valence-corrected chi connectivity index (χ3v) is 3.69. The summed E-state index contributed by atoms with van der Waals surface area (Å²) in [5.41, 5.74) is 14.1. The largest absolute Gasteiger partial charge is 0.329 e. The maximum Gasteiger partial charge on any atom is 0.123 e. The zero-order chi connectivity index (χ0) is 16.2. The van der Waals surface area contributed by atoms with Crippen LogP contribution in [0.3, 0.4) is 0 Å². The average molecular weight is 308 g/mol. The van der Waals surface area contributed by atoms with Crippen LogP contribution in [0.25, 0.3) is 10.8 Å². The lowest BCUT2D eigenvalue weighted by atomic mass is 9.98. The van der Waals surface area contributed by atoms with Gasteiger partial charge in [-0.25, -0.2) is 4.39 Å². The molecule has 0 aliphatic rings. The number of azo groups is 1. The van der Waals surface area contributed by atoms with Crippen LogP contribution in [-0.2, 0) is 0 Å². The smallest absolute Gasteiger partial charge is 0.123 e. The fourth-order valence-electron chi connectivity index (χ4n) is 2.46. The summed E-state index contributed by atoms with van der Waals surface area (Å²) in [5, 5.41) is 10.4. The van der Waals surface area contributed by atoms with Gasteiger partial charge in [-0.15, -0.1) is 5.11 Å². The van der Waals surface area contributed by atoms with Gasteiger partial charge in [-0.05, 0) is 41.3 Å². The number of halogens is 1. The lowest BCUT2D eigenvalue weighted by molar-refractivity contribution is 0.628. The van der Waals surface area contributed by atoms with Gasteiger partial charge in [0.15, 0.2) is 0 Å². The first-order chi connectivity index (χ1) is 11.2. The predicted molar refractivity (Wildman–Crippen MR) is 90.5 cm³/mol. The Morgan fingerprint density at radius 2 is 1.57 bits per heavy atom. The van der Waals surface area contributed by atoms with Crippen LogP contribution in [0.5, 0.6) is 0 Å². The lowest BCUT2D eigenvalue weighted by Gasteiger charge is -2.13. The molecule has 3 aromatic carbocycles. The summed E-state index contributed by atoms with van der Waals surface area (Å²) in [5.74, 6) is -0.297. The molecule has 0 bridgehead atoms. The maximum atomic E-state index is 12.9. The van der Waals surface area contributed by atoms with E-state index < -0.39 is 0 Å². The van der Waals surface area contributed by atoms with Crippen molar-refractivity contribution in [2.75, 3.05) is 6.54 Å². The highest BCUT2D eigenvalue weighted by atomic mass is 19.1. The number of nitrogens with two attached hydrogens (primary N) is 2. The molecule has 0 aliphatic heterocycles. The minimum atomic E-state index is -0.297. The highest BCUT2D eigenvalue weighted by molar-refractivity contribution is 5.95. The predicted octanol–water partition coefficient (Wildman–Crippen LogP) is 4.35. The second-order valence-electron chi connectivity index (χ2n) is 5.24. The van der Waals surface area contributed by atoms with Crippen LogP contribution >= 0.6 is 0 Å². The second kappa shape index (κ2) is 6.64. The highest BCUT2D eigenvalue weighted by Crippen LogP contribution is 2.32. The van der Waals surface area contributed by atoms with Crippen LogP contribution in [0.15, 0.2) is 70.9 Å². The van der Waals surface area contributed by atoms with Crippen molar-refractivity contribution < 1.29 is 4.39 Å². The van der Waals surface area contributed by atoms with Gasteiger partial charge in [0, 0.05) is 18.0 Å². The summed E-state index contributed by atoms with van der Waals surface area (Å²) in [7, 11) is 0. The number of hydrogen-bond donors (Lipinski definition) is 2. The molecule has 23 heavy (non-hydrogen) atoms.